The number of hydrogen-bond donors (Lipinski definition) is 3. The van der Waals surface area contributed by atoms with E-state index in [1.54, 1.807) is 27.8 Å². The summed E-state index contributed by atoms with van der Waals surface area (Å²) in [5, 5.41) is 2.86. The molecule has 0 aromatic carbocycles. The summed E-state index contributed by atoms with van der Waals surface area (Å²) in [6, 6.07) is -0.960. The normalized spacial score (nSPS) is 25.9. The number of hydrogen-bond acceptors (Lipinski definition) is 11. The van der Waals surface area contributed by atoms with Crippen molar-refractivity contribution in [2.75, 3.05) is 24.7 Å². The molecule has 2 aromatic heterocycles. The van der Waals surface area contributed by atoms with Crippen LogP contribution < -0.4 is 16.8 Å². The zero-order valence-electron chi connectivity index (χ0n) is 19.2. The van der Waals surface area contributed by atoms with E-state index in [0.29, 0.717) is 11.3 Å². The molecular weight excluding hydrogens is 437 g/mol. The van der Waals surface area contributed by atoms with Gasteiger partial charge in [-0.2, -0.15) is 9.97 Å². The van der Waals surface area contributed by atoms with Crippen molar-refractivity contribution < 1.29 is 28.2 Å². The van der Waals surface area contributed by atoms with E-state index in [-0.39, 0.29) is 30.5 Å². The number of alkyl halides is 1. The van der Waals surface area contributed by atoms with E-state index < -0.39 is 42.1 Å². The largest absolute Gasteiger partial charge is 0.463 e. The lowest BCUT2D eigenvalue weighted by atomic mass is 9.97. The number of halogens is 1. The van der Waals surface area contributed by atoms with Crippen LogP contribution in [0.2, 0.25) is 0 Å². The Labute approximate surface area is 190 Å². The molecule has 5 N–H and O–H groups in total. The molecule has 1 fully saturated rings. The first-order valence-electron chi connectivity index (χ1n) is 10.6. The molecule has 12 nitrogen and oxygen atoms in total. The number of imidazole rings is 1. The average molecular weight is 468 g/mol. The number of rotatable bonds is 8. The van der Waals surface area contributed by atoms with Gasteiger partial charge in [-0.15, -0.1) is 0 Å². The smallest absolute Gasteiger partial charge is 0.323 e. The Morgan fingerprint density at radius 2 is 2.09 bits per heavy atom. The summed E-state index contributed by atoms with van der Waals surface area (Å²) in [4.78, 5) is 36.7. The van der Waals surface area contributed by atoms with Crippen molar-refractivity contribution in [3.05, 3.63) is 6.33 Å². The number of carbonyl (C=O) groups excluding carboxylic acids is 2. The highest BCUT2D eigenvalue weighted by Gasteiger charge is 2.59. The van der Waals surface area contributed by atoms with Crippen LogP contribution >= 0.6 is 0 Å². The van der Waals surface area contributed by atoms with Gasteiger partial charge in [0.25, 0.3) is 0 Å². The zero-order valence-corrected chi connectivity index (χ0v) is 19.2. The van der Waals surface area contributed by atoms with Gasteiger partial charge in [-0.3, -0.25) is 14.2 Å². The van der Waals surface area contributed by atoms with Crippen LogP contribution in [0.3, 0.4) is 0 Å². The highest BCUT2D eigenvalue weighted by atomic mass is 19.1. The summed E-state index contributed by atoms with van der Waals surface area (Å²) in [5.74, 6) is -1.20. The van der Waals surface area contributed by atoms with Crippen LogP contribution in [0, 0.1) is 5.92 Å². The Kier molecular flexibility index (Phi) is 7.03. The molecule has 0 aliphatic carbocycles. The van der Waals surface area contributed by atoms with Crippen LogP contribution in [0.25, 0.3) is 11.2 Å². The second kappa shape index (κ2) is 9.43. The molecule has 1 saturated heterocycles. The third kappa shape index (κ3) is 4.69. The predicted molar refractivity (Wildman–Crippen MR) is 117 cm³/mol. The first-order valence-corrected chi connectivity index (χ1v) is 10.6. The SMILES string of the molecule is CCC(=O)OC[C@H]1O[C@@H](n2cnc3c(NC)nc(N)nc32)[C@](C)(F)[C@@H]1OC(=O)C(N)C(C)C. The van der Waals surface area contributed by atoms with Gasteiger partial charge in [0.15, 0.2) is 35.0 Å². The van der Waals surface area contributed by atoms with E-state index in [2.05, 4.69) is 20.3 Å². The van der Waals surface area contributed by atoms with Crippen molar-refractivity contribution in [2.24, 2.45) is 11.7 Å². The Morgan fingerprint density at radius 3 is 2.70 bits per heavy atom. The second-order valence-electron chi connectivity index (χ2n) is 8.35. The fourth-order valence-electron chi connectivity index (χ4n) is 3.56. The highest BCUT2D eigenvalue weighted by Crippen LogP contribution is 2.44. The molecule has 0 amide bonds. The average Bonchev–Trinajstić information content (AvgIpc) is 3.28. The monoisotopic (exact) mass is 467 g/mol. The van der Waals surface area contributed by atoms with E-state index in [9.17, 15) is 9.59 Å². The molecule has 1 aliphatic rings. The third-order valence-electron chi connectivity index (χ3n) is 5.54. The Balaban J connectivity index is 1.99. The zero-order chi connectivity index (χ0) is 24.5. The van der Waals surface area contributed by atoms with Crippen molar-refractivity contribution >= 4 is 34.9 Å². The maximum atomic E-state index is 16.3. The van der Waals surface area contributed by atoms with Crippen LogP contribution in [-0.2, 0) is 23.8 Å². The lowest BCUT2D eigenvalue weighted by Crippen LogP contribution is -2.48. The van der Waals surface area contributed by atoms with Crippen LogP contribution in [0.1, 0.15) is 40.3 Å². The number of fused-ring (bicyclic) bond motifs is 1. The van der Waals surface area contributed by atoms with E-state index in [1.807, 2.05) is 0 Å². The minimum atomic E-state index is -2.26. The summed E-state index contributed by atoms with van der Waals surface area (Å²) in [7, 11) is 1.64. The molecule has 0 radical (unpaired) electrons. The maximum absolute atomic E-state index is 16.3. The first kappa shape index (κ1) is 24.6. The number of anilines is 2. The first-order chi connectivity index (χ1) is 15.5. The topological polar surface area (TPSA) is 170 Å². The van der Waals surface area contributed by atoms with Gasteiger partial charge in [-0.1, -0.05) is 20.8 Å². The Hall–Kier alpha value is -3.06. The van der Waals surface area contributed by atoms with E-state index in [0.717, 1.165) is 0 Å². The number of nitrogens with zero attached hydrogens (tertiary/aromatic N) is 4. The van der Waals surface area contributed by atoms with Crippen LogP contribution in [0.5, 0.6) is 0 Å². The molecule has 5 atom stereocenters. The third-order valence-corrected chi connectivity index (χ3v) is 5.54. The number of esters is 2. The Morgan fingerprint density at radius 1 is 1.39 bits per heavy atom. The number of aromatic nitrogens is 4. The summed E-state index contributed by atoms with van der Waals surface area (Å²) in [6.45, 7) is 6.03. The predicted octanol–water partition coefficient (Wildman–Crippen LogP) is 0.924. The quantitative estimate of drug-likeness (QED) is 0.472. The number of carbonyl (C=O) groups is 2. The van der Waals surface area contributed by atoms with Crippen molar-refractivity contribution in [3.8, 4) is 0 Å². The van der Waals surface area contributed by atoms with Crippen molar-refractivity contribution in [2.45, 2.75) is 64.3 Å². The molecule has 33 heavy (non-hydrogen) atoms. The molecule has 0 spiro atoms. The van der Waals surface area contributed by atoms with Gasteiger partial charge in [0.1, 0.15) is 18.8 Å². The molecule has 1 unspecified atom stereocenters. The fourth-order valence-corrected chi connectivity index (χ4v) is 3.56. The van der Waals surface area contributed by atoms with Crippen LogP contribution in [0.4, 0.5) is 16.2 Å². The van der Waals surface area contributed by atoms with E-state index >= 15 is 4.39 Å². The van der Waals surface area contributed by atoms with Crippen molar-refractivity contribution in [3.63, 3.8) is 0 Å². The Bertz CT molecular complexity index is 1030. The van der Waals surface area contributed by atoms with Crippen molar-refractivity contribution in [1.29, 1.82) is 0 Å². The van der Waals surface area contributed by atoms with Gasteiger partial charge in [-0.25, -0.2) is 9.37 Å². The number of nitrogens with one attached hydrogen (secondary N) is 1. The lowest BCUT2D eigenvalue weighted by Gasteiger charge is -2.29. The fraction of sp³-hybridized carbons (Fsp3) is 0.650. The number of ether oxygens (including phenoxy) is 3. The molecule has 1 aliphatic heterocycles. The second-order valence-corrected chi connectivity index (χ2v) is 8.35. The van der Waals surface area contributed by atoms with Gasteiger partial charge in [-0.05, 0) is 12.8 Å². The summed E-state index contributed by atoms with van der Waals surface area (Å²) in [5.41, 5.74) is 9.99. The van der Waals surface area contributed by atoms with Crippen LogP contribution in [-0.4, -0.2) is 69.0 Å². The van der Waals surface area contributed by atoms with Gasteiger partial charge in [0.2, 0.25) is 5.95 Å². The van der Waals surface area contributed by atoms with Crippen molar-refractivity contribution in [1.82, 2.24) is 19.5 Å². The molecular formula is C20H30FN7O5. The molecule has 0 saturated carbocycles. The molecule has 0 bridgehead atoms. The summed E-state index contributed by atoms with van der Waals surface area (Å²) in [6.07, 6.45) is -2.36. The van der Waals surface area contributed by atoms with Gasteiger partial charge in [0, 0.05) is 13.5 Å². The van der Waals surface area contributed by atoms with E-state index in [4.69, 9.17) is 25.7 Å². The highest BCUT2D eigenvalue weighted by molar-refractivity contribution is 5.84. The summed E-state index contributed by atoms with van der Waals surface area (Å²) < 4.78 is 34.2. The molecule has 2 aromatic rings. The number of nitrogen functional groups attached to an aromatic ring is 1. The minimum Gasteiger partial charge on any atom is -0.463 e. The number of nitrogens with two attached hydrogens (primary N) is 2. The van der Waals surface area contributed by atoms with Gasteiger partial charge >= 0.3 is 11.9 Å². The van der Waals surface area contributed by atoms with Gasteiger partial charge < -0.3 is 31.0 Å². The standard InChI is InChI=1S/C20H30FN7O5/c1-6-11(29)31-7-10-14(33-17(30)12(22)9(2)3)20(4,21)18(32-10)28-8-25-13-15(24-5)26-19(23)27-16(13)28/h8-10,12,14,18H,6-7,22H2,1-5H3,(H3,23,24,26,27)/t10-,12?,14-,18-,20-/m1/s1. The van der Waals surface area contributed by atoms with Gasteiger partial charge in [0.05, 0.1) is 6.33 Å². The molecule has 3 heterocycles. The van der Waals surface area contributed by atoms with Crippen LogP contribution in [0.15, 0.2) is 6.33 Å². The summed E-state index contributed by atoms with van der Waals surface area (Å²) >= 11 is 0. The maximum Gasteiger partial charge on any atom is 0.323 e. The minimum absolute atomic E-state index is 0.0496. The molecule has 3 rings (SSSR count). The van der Waals surface area contributed by atoms with E-state index in [1.165, 1.54) is 17.8 Å². The molecule has 182 valence electrons. The molecule has 13 heteroatoms. The lowest BCUT2D eigenvalue weighted by molar-refractivity contribution is -0.163.